The van der Waals surface area contributed by atoms with Gasteiger partial charge in [0.1, 0.15) is 0 Å². The Kier molecular flexibility index (Phi) is 4.13. The lowest BCUT2D eigenvalue weighted by Gasteiger charge is -2.18. The molecule has 22 heavy (non-hydrogen) atoms. The molecule has 2 aromatic carbocycles. The van der Waals surface area contributed by atoms with E-state index in [2.05, 4.69) is 0 Å². The maximum Gasteiger partial charge on any atom is 0.200 e. The quantitative estimate of drug-likeness (QED) is 0.724. The second kappa shape index (κ2) is 5.92. The van der Waals surface area contributed by atoms with Gasteiger partial charge in [0.25, 0.3) is 0 Å². The Balaban J connectivity index is 2.05. The molecule has 1 aliphatic carbocycles. The summed E-state index contributed by atoms with van der Waals surface area (Å²) in [4.78, 5) is 26.2. The summed E-state index contributed by atoms with van der Waals surface area (Å²) in [5, 5.41) is 0.978. The molecular formula is C17H10Cl2O2S. The summed E-state index contributed by atoms with van der Waals surface area (Å²) < 4.78 is 0. The van der Waals surface area contributed by atoms with Crippen molar-refractivity contribution in [2.75, 3.05) is 0 Å². The van der Waals surface area contributed by atoms with Crippen molar-refractivity contribution in [3.63, 3.8) is 0 Å². The van der Waals surface area contributed by atoms with Gasteiger partial charge >= 0.3 is 0 Å². The van der Waals surface area contributed by atoms with Crippen LogP contribution in [0, 0.1) is 0 Å². The first-order chi connectivity index (χ1) is 10.5. The van der Waals surface area contributed by atoms with Crippen molar-refractivity contribution in [2.24, 2.45) is 0 Å². The molecule has 0 saturated carbocycles. The average Bonchev–Trinajstić information content (AvgIpc) is 2.48. The summed E-state index contributed by atoms with van der Waals surface area (Å²) in [5.41, 5.74) is 1.34. The number of Topliss-reactive ketones (excluding diaryl/α,β-unsaturated/α-hetero) is 2. The van der Waals surface area contributed by atoms with Crippen LogP contribution in [-0.4, -0.2) is 11.6 Å². The van der Waals surface area contributed by atoms with Gasteiger partial charge in [0.05, 0.1) is 4.91 Å². The van der Waals surface area contributed by atoms with E-state index >= 15 is 0 Å². The molecule has 110 valence electrons. The van der Waals surface area contributed by atoms with Gasteiger partial charge in [-0.15, -0.1) is 0 Å². The normalized spacial score (nSPS) is 14.3. The van der Waals surface area contributed by atoms with Crippen LogP contribution in [0.5, 0.6) is 0 Å². The standard InChI is InChI=1S/C17H10Cl2O2S/c1-9-15(20)13-4-2-3-5-14(13)16(21)17(9)22-12-7-10(18)6-11(19)8-12/h2-8H,1H3. The van der Waals surface area contributed by atoms with Gasteiger partial charge in [-0.1, -0.05) is 59.2 Å². The van der Waals surface area contributed by atoms with Crippen LogP contribution in [0.25, 0.3) is 0 Å². The van der Waals surface area contributed by atoms with Gasteiger partial charge in [0, 0.05) is 31.6 Å². The van der Waals surface area contributed by atoms with E-state index in [1.165, 1.54) is 11.8 Å². The fourth-order valence-corrected chi connectivity index (χ4v) is 4.02. The van der Waals surface area contributed by atoms with Crippen molar-refractivity contribution < 1.29 is 9.59 Å². The number of hydrogen-bond donors (Lipinski definition) is 0. The fraction of sp³-hybridized carbons (Fsp3) is 0.0588. The molecule has 2 nitrogen and oxygen atoms in total. The molecular weight excluding hydrogens is 339 g/mol. The molecule has 1 aliphatic rings. The average molecular weight is 349 g/mol. The van der Waals surface area contributed by atoms with E-state index in [9.17, 15) is 9.59 Å². The van der Waals surface area contributed by atoms with Gasteiger partial charge in [0.2, 0.25) is 5.78 Å². The van der Waals surface area contributed by atoms with Crippen molar-refractivity contribution in [3.8, 4) is 0 Å². The van der Waals surface area contributed by atoms with Crippen molar-refractivity contribution in [1.82, 2.24) is 0 Å². The van der Waals surface area contributed by atoms with E-state index in [-0.39, 0.29) is 11.6 Å². The molecule has 0 heterocycles. The molecule has 0 saturated heterocycles. The maximum absolute atomic E-state index is 12.7. The highest BCUT2D eigenvalue weighted by atomic mass is 35.5. The Morgan fingerprint density at radius 2 is 1.41 bits per heavy atom. The first-order valence-electron chi connectivity index (χ1n) is 6.50. The molecule has 0 aliphatic heterocycles. The Bertz CT molecular complexity index is 820. The predicted octanol–water partition coefficient (Wildman–Crippen LogP) is 5.44. The summed E-state index contributed by atoms with van der Waals surface area (Å²) in [5.74, 6) is -0.264. The Morgan fingerprint density at radius 1 is 0.864 bits per heavy atom. The molecule has 0 radical (unpaired) electrons. The van der Waals surface area contributed by atoms with E-state index in [0.29, 0.717) is 31.7 Å². The number of fused-ring (bicyclic) bond motifs is 1. The number of thioether (sulfide) groups is 1. The number of rotatable bonds is 2. The minimum atomic E-state index is -0.145. The van der Waals surface area contributed by atoms with Gasteiger partial charge in [0.15, 0.2) is 5.78 Å². The van der Waals surface area contributed by atoms with Gasteiger partial charge in [-0.25, -0.2) is 0 Å². The van der Waals surface area contributed by atoms with E-state index < -0.39 is 0 Å². The topological polar surface area (TPSA) is 34.1 Å². The zero-order valence-corrected chi connectivity index (χ0v) is 13.9. The molecule has 0 atom stereocenters. The molecule has 3 rings (SSSR count). The number of halogens is 2. The molecule has 0 fully saturated rings. The van der Waals surface area contributed by atoms with Crippen LogP contribution in [0.3, 0.4) is 0 Å². The van der Waals surface area contributed by atoms with Crippen molar-refractivity contribution in [2.45, 2.75) is 11.8 Å². The Labute approximate surface area is 142 Å². The first-order valence-corrected chi connectivity index (χ1v) is 8.08. The highest BCUT2D eigenvalue weighted by molar-refractivity contribution is 8.04. The molecule has 0 aromatic heterocycles. The van der Waals surface area contributed by atoms with Crippen molar-refractivity contribution in [1.29, 1.82) is 0 Å². The first kappa shape index (κ1) is 15.3. The molecule has 5 heteroatoms. The Hall–Kier alpha value is -1.55. The molecule has 0 N–H and O–H groups in total. The van der Waals surface area contributed by atoms with Crippen LogP contribution in [0.1, 0.15) is 27.6 Å². The number of ketones is 2. The number of benzene rings is 2. The lowest BCUT2D eigenvalue weighted by molar-refractivity contribution is 0.0981. The van der Waals surface area contributed by atoms with Crippen LogP contribution in [0.2, 0.25) is 10.0 Å². The smallest absolute Gasteiger partial charge is 0.200 e. The SMILES string of the molecule is CC1=C(Sc2cc(Cl)cc(Cl)c2)C(=O)c2ccccc2C1=O. The van der Waals surface area contributed by atoms with Crippen molar-refractivity contribution >= 4 is 46.5 Å². The van der Waals surface area contributed by atoms with Crippen LogP contribution in [0.15, 0.2) is 57.8 Å². The summed E-state index contributed by atoms with van der Waals surface area (Å²) in [6.45, 7) is 1.67. The lowest BCUT2D eigenvalue weighted by Crippen LogP contribution is -2.19. The fourth-order valence-electron chi connectivity index (χ4n) is 2.31. The number of allylic oxidation sites excluding steroid dienone is 2. The highest BCUT2D eigenvalue weighted by Crippen LogP contribution is 2.38. The zero-order chi connectivity index (χ0) is 15.9. The minimum Gasteiger partial charge on any atom is -0.289 e. The van der Waals surface area contributed by atoms with Gasteiger partial charge < -0.3 is 0 Å². The molecule has 0 amide bonds. The third kappa shape index (κ3) is 2.72. The minimum absolute atomic E-state index is 0.120. The van der Waals surface area contributed by atoms with Gasteiger partial charge in [-0.3, -0.25) is 9.59 Å². The number of carbonyl (C=O) groups is 2. The largest absolute Gasteiger partial charge is 0.289 e. The third-order valence-corrected chi connectivity index (χ3v) is 4.96. The molecule has 2 aromatic rings. The third-order valence-electron chi connectivity index (χ3n) is 3.36. The summed E-state index contributed by atoms with van der Waals surface area (Å²) in [7, 11) is 0. The monoisotopic (exact) mass is 348 g/mol. The maximum atomic E-state index is 12.7. The van der Waals surface area contributed by atoms with Gasteiger partial charge in [-0.05, 0) is 25.1 Å². The summed E-state index contributed by atoms with van der Waals surface area (Å²) in [6, 6.07) is 11.9. The molecule has 0 bridgehead atoms. The molecule has 0 spiro atoms. The van der Waals surface area contributed by atoms with E-state index in [0.717, 1.165) is 4.90 Å². The zero-order valence-electron chi connectivity index (χ0n) is 11.5. The van der Waals surface area contributed by atoms with E-state index in [4.69, 9.17) is 23.2 Å². The van der Waals surface area contributed by atoms with Crippen LogP contribution >= 0.6 is 35.0 Å². The lowest BCUT2D eigenvalue weighted by atomic mass is 9.90. The summed E-state index contributed by atoms with van der Waals surface area (Å²) >= 11 is 13.2. The second-order valence-corrected chi connectivity index (χ2v) is 6.82. The highest BCUT2D eigenvalue weighted by Gasteiger charge is 2.30. The van der Waals surface area contributed by atoms with Crippen LogP contribution in [-0.2, 0) is 0 Å². The van der Waals surface area contributed by atoms with Crippen LogP contribution in [0.4, 0.5) is 0 Å². The van der Waals surface area contributed by atoms with Crippen molar-refractivity contribution in [3.05, 3.63) is 74.1 Å². The predicted molar refractivity (Wildman–Crippen MR) is 90.1 cm³/mol. The number of hydrogen-bond acceptors (Lipinski definition) is 3. The Morgan fingerprint density at radius 3 is 2.00 bits per heavy atom. The number of carbonyl (C=O) groups excluding carboxylic acids is 2. The van der Waals surface area contributed by atoms with Crippen LogP contribution < -0.4 is 0 Å². The van der Waals surface area contributed by atoms with Gasteiger partial charge in [-0.2, -0.15) is 0 Å². The second-order valence-electron chi connectivity index (χ2n) is 4.87. The molecule has 0 unspecified atom stereocenters. The summed E-state index contributed by atoms with van der Waals surface area (Å²) in [6.07, 6.45) is 0. The van der Waals surface area contributed by atoms with E-state index in [1.807, 2.05) is 0 Å². The van der Waals surface area contributed by atoms with E-state index in [1.54, 1.807) is 49.4 Å².